The van der Waals surface area contributed by atoms with Gasteiger partial charge in [0.05, 0.1) is 6.04 Å². The summed E-state index contributed by atoms with van der Waals surface area (Å²) in [6, 6.07) is 10.2. The molecule has 98 valence electrons. The predicted molar refractivity (Wildman–Crippen MR) is 75.0 cm³/mol. The van der Waals surface area contributed by atoms with E-state index in [1.807, 2.05) is 18.2 Å². The van der Waals surface area contributed by atoms with Crippen LogP contribution in [0.4, 0.5) is 0 Å². The average molecular weight is 246 g/mol. The fraction of sp³-hybridized carbons (Fsp3) is 0.467. The first-order chi connectivity index (χ1) is 8.78. The number of hydrogen-bond acceptors (Lipinski definition) is 3. The molecule has 0 fully saturated rings. The third kappa shape index (κ3) is 2.74. The molecule has 0 saturated heterocycles. The minimum Gasteiger partial charge on any atom is -0.459 e. The summed E-state index contributed by atoms with van der Waals surface area (Å²) >= 11 is 0. The lowest BCUT2D eigenvalue weighted by Crippen LogP contribution is -2.29. The van der Waals surface area contributed by atoms with E-state index in [1.54, 1.807) is 0 Å². The lowest BCUT2D eigenvalue weighted by atomic mass is 9.94. The first-order valence-electron chi connectivity index (χ1n) is 6.73. The summed E-state index contributed by atoms with van der Waals surface area (Å²) in [5.41, 5.74) is 3.81. The van der Waals surface area contributed by atoms with Crippen molar-refractivity contribution in [3.05, 3.63) is 36.1 Å². The molecule has 3 nitrogen and oxygen atoms in total. The van der Waals surface area contributed by atoms with Gasteiger partial charge in [-0.25, -0.2) is 5.43 Å². The number of nitrogens with one attached hydrogen (secondary N) is 1. The first-order valence-corrected chi connectivity index (χ1v) is 6.73. The fourth-order valence-corrected chi connectivity index (χ4v) is 2.40. The molecule has 0 bridgehead atoms. The topological polar surface area (TPSA) is 51.2 Å². The highest BCUT2D eigenvalue weighted by Crippen LogP contribution is 2.29. The molecule has 1 aromatic heterocycles. The summed E-state index contributed by atoms with van der Waals surface area (Å²) in [7, 11) is 0. The summed E-state index contributed by atoms with van der Waals surface area (Å²) in [5.74, 6) is 7.29. The Morgan fingerprint density at radius 2 is 1.94 bits per heavy atom. The van der Waals surface area contributed by atoms with Crippen molar-refractivity contribution in [2.75, 3.05) is 0 Å². The maximum Gasteiger partial charge on any atom is 0.134 e. The summed E-state index contributed by atoms with van der Waals surface area (Å²) in [5, 5.41) is 1.14. The molecule has 18 heavy (non-hydrogen) atoms. The van der Waals surface area contributed by atoms with Gasteiger partial charge in [0, 0.05) is 5.39 Å². The Morgan fingerprint density at radius 3 is 2.56 bits per heavy atom. The van der Waals surface area contributed by atoms with Crippen LogP contribution in [0.3, 0.4) is 0 Å². The zero-order valence-electron chi connectivity index (χ0n) is 11.1. The van der Waals surface area contributed by atoms with Gasteiger partial charge in [-0.2, -0.15) is 0 Å². The van der Waals surface area contributed by atoms with Gasteiger partial charge in [0.1, 0.15) is 11.3 Å². The van der Waals surface area contributed by atoms with Crippen LogP contribution in [0.1, 0.15) is 44.9 Å². The van der Waals surface area contributed by atoms with Gasteiger partial charge in [0.2, 0.25) is 0 Å². The van der Waals surface area contributed by atoms with Crippen LogP contribution in [0.5, 0.6) is 0 Å². The van der Waals surface area contributed by atoms with Crippen molar-refractivity contribution in [3.63, 3.8) is 0 Å². The van der Waals surface area contributed by atoms with Crippen LogP contribution < -0.4 is 11.3 Å². The van der Waals surface area contributed by atoms with Crippen molar-refractivity contribution in [2.45, 2.75) is 39.2 Å². The molecular formula is C15H22N2O. The second-order valence-electron chi connectivity index (χ2n) is 4.82. The highest BCUT2D eigenvalue weighted by atomic mass is 16.3. The van der Waals surface area contributed by atoms with Crippen molar-refractivity contribution in [3.8, 4) is 0 Å². The van der Waals surface area contributed by atoms with Crippen LogP contribution >= 0.6 is 0 Å². The van der Waals surface area contributed by atoms with E-state index in [2.05, 4.69) is 31.4 Å². The van der Waals surface area contributed by atoms with Gasteiger partial charge in [-0.1, -0.05) is 44.9 Å². The third-order valence-electron chi connectivity index (χ3n) is 3.71. The van der Waals surface area contributed by atoms with Crippen LogP contribution in [0.15, 0.2) is 34.7 Å². The van der Waals surface area contributed by atoms with E-state index < -0.39 is 0 Å². The van der Waals surface area contributed by atoms with Gasteiger partial charge >= 0.3 is 0 Å². The van der Waals surface area contributed by atoms with E-state index in [0.717, 1.165) is 23.2 Å². The van der Waals surface area contributed by atoms with Gasteiger partial charge in [-0.05, 0) is 24.5 Å². The number of furan rings is 1. The normalized spacial score (nSPS) is 13.3. The molecule has 1 aromatic carbocycles. The Labute approximate surface area is 108 Å². The van der Waals surface area contributed by atoms with Crippen molar-refractivity contribution in [1.82, 2.24) is 5.43 Å². The Hall–Kier alpha value is -1.32. The van der Waals surface area contributed by atoms with Crippen molar-refractivity contribution < 1.29 is 4.42 Å². The molecule has 2 aromatic rings. The van der Waals surface area contributed by atoms with Crippen LogP contribution in [-0.2, 0) is 0 Å². The quantitative estimate of drug-likeness (QED) is 0.602. The second kappa shape index (κ2) is 6.03. The molecule has 2 rings (SSSR count). The Kier molecular flexibility index (Phi) is 4.39. The first kappa shape index (κ1) is 13.1. The van der Waals surface area contributed by atoms with E-state index in [4.69, 9.17) is 10.3 Å². The van der Waals surface area contributed by atoms with Gasteiger partial charge in [-0.3, -0.25) is 5.84 Å². The van der Waals surface area contributed by atoms with Crippen LogP contribution in [-0.4, -0.2) is 0 Å². The molecule has 0 amide bonds. The lowest BCUT2D eigenvalue weighted by Gasteiger charge is -2.19. The molecule has 0 spiro atoms. The van der Waals surface area contributed by atoms with E-state index >= 15 is 0 Å². The average Bonchev–Trinajstić information content (AvgIpc) is 2.84. The molecule has 1 heterocycles. The van der Waals surface area contributed by atoms with Gasteiger partial charge < -0.3 is 4.42 Å². The van der Waals surface area contributed by atoms with Crippen LogP contribution in [0.2, 0.25) is 0 Å². The molecule has 0 aliphatic rings. The molecule has 0 aliphatic heterocycles. The minimum atomic E-state index is 0.0994. The lowest BCUT2D eigenvalue weighted by molar-refractivity contribution is 0.338. The van der Waals surface area contributed by atoms with Gasteiger partial charge in [0.25, 0.3) is 0 Å². The molecule has 1 atom stereocenters. The molecule has 0 aliphatic carbocycles. The maximum atomic E-state index is 5.87. The number of para-hydroxylation sites is 1. The SMILES string of the molecule is CCC(CC)CC(NN)c1cc2ccccc2o1. The molecular weight excluding hydrogens is 224 g/mol. The molecule has 0 saturated carbocycles. The minimum absolute atomic E-state index is 0.0994. The zero-order chi connectivity index (χ0) is 13.0. The number of nitrogens with two attached hydrogens (primary N) is 1. The molecule has 3 N–H and O–H groups in total. The predicted octanol–water partition coefficient (Wildman–Crippen LogP) is 3.76. The summed E-state index contributed by atoms with van der Waals surface area (Å²) in [4.78, 5) is 0. The Bertz CT molecular complexity index is 455. The summed E-state index contributed by atoms with van der Waals surface area (Å²) < 4.78 is 5.87. The van der Waals surface area contributed by atoms with Crippen LogP contribution in [0.25, 0.3) is 11.0 Å². The summed E-state index contributed by atoms with van der Waals surface area (Å²) in [6.45, 7) is 4.45. The highest BCUT2D eigenvalue weighted by Gasteiger charge is 2.18. The van der Waals surface area contributed by atoms with E-state index in [9.17, 15) is 0 Å². The third-order valence-corrected chi connectivity index (χ3v) is 3.71. The zero-order valence-corrected chi connectivity index (χ0v) is 11.1. The molecule has 1 unspecified atom stereocenters. The number of hydrazine groups is 1. The van der Waals surface area contributed by atoms with E-state index in [-0.39, 0.29) is 6.04 Å². The van der Waals surface area contributed by atoms with Crippen LogP contribution in [0, 0.1) is 5.92 Å². The van der Waals surface area contributed by atoms with Crippen molar-refractivity contribution in [1.29, 1.82) is 0 Å². The number of rotatable bonds is 6. The van der Waals surface area contributed by atoms with E-state index in [1.165, 1.54) is 12.8 Å². The van der Waals surface area contributed by atoms with Gasteiger partial charge in [-0.15, -0.1) is 0 Å². The van der Waals surface area contributed by atoms with Gasteiger partial charge in [0.15, 0.2) is 0 Å². The van der Waals surface area contributed by atoms with Crippen molar-refractivity contribution >= 4 is 11.0 Å². The largest absolute Gasteiger partial charge is 0.459 e. The molecule has 0 radical (unpaired) electrons. The Morgan fingerprint density at radius 1 is 1.22 bits per heavy atom. The molecule has 3 heteroatoms. The Balaban J connectivity index is 2.21. The number of hydrogen-bond donors (Lipinski definition) is 2. The highest BCUT2D eigenvalue weighted by molar-refractivity contribution is 5.77. The smallest absolute Gasteiger partial charge is 0.134 e. The fourth-order valence-electron chi connectivity index (χ4n) is 2.40. The maximum absolute atomic E-state index is 5.87. The number of benzene rings is 1. The van der Waals surface area contributed by atoms with Crippen molar-refractivity contribution in [2.24, 2.45) is 11.8 Å². The monoisotopic (exact) mass is 246 g/mol. The summed E-state index contributed by atoms with van der Waals surface area (Å²) in [6.07, 6.45) is 3.37. The number of fused-ring (bicyclic) bond motifs is 1. The van der Waals surface area contributed by atoms with E-state index in [0.29, 0.717) is 5.92 Å². The second-order valence-corrected chi connectivity index (χ2v) is 4.82. The standard InChI is InChI=1S/C15H22N2O/c1-3-11(4-2)9-13(17-16)15-10-12-7-5-6-8-14(12)18-15/h5-8,10-11,13,17H,3-4,9,16H2,1-2H3.